The molecule has 2 N–H and O–H groups in total. The minimum absolute atomic E-state index is 0.0811. The van der Waals surface area contributed by atoms with Crippen LogP contribution in [-0.2, 0) is 6.54 Å². The van der Waals surface area contributed by atoms with Crippen LogP contribution in [0.4, 0.5) is 9.18 Å². The Morgan fingerprint density at radius 3 is 2.61 bits per heavy atom. The Morgan fingerprint density at radius 2 is 1.94 bits per heavy atom. The van der Waals surface area contributed by atoms with Crippen molar-refractivity contribution < 1.29 is 14.3 Å². The van der Waals surface area contributed by atoms with E-state index in [1.165, 1.54) is 33.9 Å². The van der Waals surface area contributed by atoms with Crippen molar-refractivity contribution in [3.63, 3.8) is 0 Å². The zero-order valence-electron chi connectivity index (χ0n) is 18.4. The Labute approximate surface area is 189 Å². The van der Waals surface area contributed by atoms with Crippen LogP contribution in [0.2, 0.25) is 0 Å². The Bertz CT molecular complexity index is 1220. The van der Waals surface area contributed by atoms with Crippen molar-refractivity contribution in [1.29, 1.82) is 0 Å². The Balaban J connectivity index is 1.27. The normalized spacial score (nSPS) is 22.2. The molecule has 2 aromatic heterocycles. The number of hydrogen-bond donors (Lipinski definition) is 2. The molecule has 10 heteroatoms. The molecule has 1 aliphatic heterocycles. The summed E-state index contributed by atoms with van der Waals surface area (Å²) in [5.74, 6) is 0.300. The van der Waals surface area contributed by atoms with E-state index in [4.69, 9.17) is 0 Å². The summed E-state index contributed by atoms with van der Waals surface area (Å²) < 4.78 is 16.1. The molecule has 1 saturated carbocycles. The highest BCUT2D eigenvalue weighted by molar-refractivity contribution is 5.75. The van der Waals surface area contributed by atoms with E-state index >= 15 is 0 Å². The Hall–Kier alpha value is -3.27. The third kappa shape index (κ3) is 4.22. The number of rotatable bonds is 4. The van der Waals surface area contributed by atoms with Gasteiger partial charge in [-0.25, -0.2) is 18.9 Å². The monoisotopic (exact) mass is 454 g/mol. The van der Waals surface area contributed by atoms with Crippen molar-refractivity contribution in [2.75, 3.05) is 13.1 Å². The van der Waals surface area contributed by atoms with Gasteiger partial charge < -0.3 is 15.3 Å². The van der Waals surface area contributed by atoms with Crippen LogP contribution in [0, 0.1) is 11.7 Å². The number of hydrogen-bond acceptors (Lipinski definition) is 5. The molecule has 174 valence electrons. The lowest BCUT2D eigenvalue weighted by Crippen LogP contribution is -2.54. The maximum absolute atomic E-state index is 13.2. The number of piperidine rings is 1. The number of urea groups is 1. The fourth-order valence-electron chi connectivity index (χ4n) is 4.72. The van der Waals surface area contributed by atoms with Gasteiger partial charge in [-0.1, -0.05) is 6.92 Å². The zero-order chi connectivity index (χ0) is 23.2. The summed E-state index contributed by atoms with van der Waals surface area (Å²) in [6, 6.07) is 5.93. The maximum atomic E-state index is 13.2. The van der Waals surface area contributed by atoms with Crippen molar-refractivity contribution in [2.45, 2.75) is 50.8 Å². The van der Waals surface area contributed by atoms with E-state index in [1.807, 2.05) is 0 Å². The second-order valence-corrected chi connectivity index (χ2v) is 9.38. The minimum Gasteiger partial charge on any atom is -0.388 e. The summed E-state index contributed by atoms with van der Waals surface area (Å²) in [6.45, 7) is 3.12. The van der Waals surface area contributed by atoms with Crippen LogP contribution in [0.25, 0.3) is 16.7 Å². The number of carbonyl (C=O) groups is 1. The van der Waals surface area contributed by atoms with Gasteiger partial charge in [0.05, 0.1) is 24.0 Å². The number of aliphatic hydroxyl groups is 1. The summed E-state index contributed by atoms with van der Waals surface area (Å²) in [7, 11) is 0. The van der Waals surface area contributed by atoms with Crippen LogP contribution in [0.3, 0.4) is 0 Å². The molecule has 9 nitrogen and oxygen atoms in total. The first kappa shape index (κ1) is 21.6. The van der Waals surface area contributed by atoms with Gasteiger partial charge in [0.1, 0.15) is 17.5 Å². The predicted octanol–water partition coefficient (Wildman–Crippen LogP) is 2.06. The van der Waals surface area contributed by atoms with Crippen LogP contribution < -0.4 is 10.9 Å². The number of amides is 2. The predicted molar refractivity (Wildman–Crippen MR) is 120 cm³/mol. The molecule has 0 spiro atoms. The molecule has 33 heavy (non-hydrogen) atoms. The molecule has 0 unspecified atom stereocenters. The highest BCUT2D eigenvalue weighted by Crippen LogP contribution is 2.28. The number of aromatic nitrogens is 4. The van der Waals surface area contributed by atoms with Crippen molar-refractivity contribution in [3.8, 4) is 5.69 Å². The molecule has 5 rings (SSSR count). The molecule has 0 radical (unpaired) electrons. The van der Waals surface area contributed by atoms with Gasteiger partial charge in [-0.15, -0.1) is 0 Å². The molecule has 3 aromatic rings. The van der Waals surface area contributed by atoms with Gasteiger partial charge >= 0.3 is 6.03 Å². The third-order valence-corrected chi connectivity index (χ3v) is 6.77. The van der Waals surface area contributed by atoms with Gasteiger partial charge in [-0.05, 0) is 55.9 Å². The topological polar surface area (TPSA) is 105 Å². The number of benzene rings is 1. The summed E-state index contributed by atoms with van der Waals surface area (Å²) in [5.41, 5.74) is -0.446. The molecule has 1 saturated heterocycles. The van der Waals surface area contributed by atoms with Gasteiger partial charge in [-0.2, -0.15) is 5.10 Å². The molecule has 2 aliphatic rings. The van der Waals surface area contributed by atoms with E-state index in [9.17, 15) is 19.1 Å². The molecular formula is C23H27FN6O3. The van der Waals surface area contributed by atoms with Crippen molar-refractivity contribution in [3.05, 3.63) is 53.0 Å². The van der Waals surface area contributed by atoms with Crippen LogP contribution in [0.15, 0.2) is 41.6 Å². The number of nitrogens with zero attached hydrogens (tertiary/aromatic N) is 5. The molecule has 1 aromatic carbocycles. The van der Waals surface area contributed by atoms with E-state index < -0.39 is 5.60 Å². The standard InChI is InChI=1S/C23H27FN6O3/c1-15-10-17(11-15)27-22(32)28-8-6-23(33,7-9-28)13-29-14-25-20-19(21(29)31)12-26-30(20)18-4-2-16(24)3-5-18/h2-5,12,14-15,17,33H,6-11,13H2,1H3,(H,27,32). The van der Waals surface area contributed by atoms with Gasteiger partial charge in [-0.3, -0.25) is 9.36 Å². The molecule has 1 aliphatic carbocycles. The molecule has 0 bridgehead atoms. The van der Waals surface area contributed by atoms with Crippen LogP contribution in [0.1, 0.15) is 32.6 Å². The average Bonchev–Trinajstić information content (AvgIpc) is 3.20. The summed E-state index contributed by atoms with van der Waals surface area (Å²) in [4.78, 5) is 31.6. The third-order valence-electron chi connectivity index (χ3n) is 6.77. The Kier molecular flexibility index (Phi) is 5.40. The fraction of sp³-hybridized carbons (Fsp3) is 0.478. The fourth-order valence-corrected chi connectivity index (χ4v) is 4.72. The minimum atomic E-state index is -1.10. The quantitative estimate of drug-likeness (QED) is 0.628. The molecular weight excluding hydrogens is 427 g/mol. The van der Waals surface area contributed by atoms with Gasteiger partial charge in [0, 0.05) is 19.1 Å². The second-order valence-electron chi connectivity index (χ2n) is 9.38. The molecule has 2 fully saturated rings. The number of nitrogens with one attached hydrogen (secondary N) is 1. The van der Waals surface area contributed by atoms with Gasteiger partial charge in [0.2, 0.25) is 0 Å². The largest absolute Gasteiger partial charge is 0.388 e. The number of fused-ring (bicyclic) bond motifs is 1. The highest BCUT2D eigenvalue weighted by atomic mass is 19.1. The summed E-state index contributed by atoms with van der Waals surface area (Å²) >= 11 is 0. The highest BCUT2D eigenvalue weighted by Gasteiger charge is 2.36. The summed E-state index contributed by atoms with van der Waals surface area (Å²) in [6.07, 6.45) is 5.62. The molecule has 2 amide bonds. The molecule has 3 heterocycles. The van der Waals surface area contributed by atoms with Crippen LogP contribution in [0.5, 0.6) is 0 Å². The number of likely N-dealkylation sites (tertiary alicyclic amines) is 1. The lowest BCUT2D eigenvalue weighted by atomic mass is 9.82. The van der Waals surface area contributed by atoms with E-state index in [2.05, 4.69) is 22.3 Å². The zero-order valence-corrected chi connectivity index (χ0v) is 18.4. The first-order valence-corrected chi connectivity index (χ1v) is 11.3. The Morgan fingerprint density at radius 1 is 1.24 bits per heavy atom. The number of halogens is 1. The second kappa shape index (κ2) is 8.26. The van der Waals surface area contributed by atoms with E-state index in [0.29, 0.717) is 48.6 Å². The first-order valence-electron chi connectivity index (χ1n) is 11.3. The van der Waals surface area contributed by atoms with Crippen molar-refractivity contribution >= 4 is 17.1 Å². The van der Waals surface area contributed by atoms with Crippen LogP contribution in [-0.4, -0.2) is 60.1 Å². The molecule has 0 atom stereocenters. The first-order chi connectivity index (χ1) is 15.8. The maximum Gasteiger partial charge on any atom is 0.317 e. The SMILES string of the molecule is CC1CC(NC(=O)N2CCC(O)(Cn3cnc4c(cnn4-c4ccc(F)cc4)c3=O)CC2)C1. The lowest BCUT2D eigenvalue weighted by Gasteiger charge is -2.40. The van der Waals surface area contributed by atoms with E-state index in [0.717, 1.165) is 12.8 Å². The van der Waals surface area contributed by atoms with E-state index in [-0.39, 0.29) is 30.0 Å². The number of carbonyl (C=O) groups excluding carboxylic acids is 1. The van der Waals surface area contributed by atoms with E-state index in [1.54, 1.807) is 17.0 Å². The van der Waals surface area contributed by atoms with Gasteiger partial charge in [0.15, 0.2) is 5.65 Å². The average molecular weight is 455 g/mol. The lowest BCUT2D eigenvalue weighted by molar-refractivity contribution is -0.0269. The summed E-state index contributed by atoms with van der Waals surface area (Å²) in [5, 5.41) is 18.7. The van der Waals surface area contributed by atoms with Crippen molar-refractivity contribution in [1.82, 2.24) is 29.5 Å². The van der Waals surface area contributed by atoms with Crippen LogP contribution >= 0.6 is 0 Å². The van der Waals surface area contributed by atoms with Gasteiger partial charge in [0.25, 0.3) is 5.56 Å². The smallest absolute Gasteiger partial charge is 0.317 e. The van der Waals surface area contributed by atoms with Crippen molar-refractivity contribution in [2.24, 2.45) is 5.92 Å².